The number of allylic oxidation sites excluding steroid dienone is 1. The maximum absolute atomic E-state index is 15.5. The number of ether oxygens (including phenoxy) is 1. The molecule has 0 atom stereocenters. The molecule has 1 fully saturated rings. The fourth-order valence-electron chi connectivity index (χ4n) is 4.79. The van der Waals surface area contributed by atoms with Gasteiger partial charge in [-0.05, 0) is 61.2 Å². The lowest BCUT2D eigenvalue weighted by Gasteiger charge is -2.17. The topological polar surface area (TPSA) is 78.3 Å². The van der Waals surface area contributed by atoms with Crippen LogP contribution in [0, 0.1) is 11.7 Å². The molecule has 0 aliphatic heterocycles. The van der Waals surface area contributed by atoms with Crippen LogP contribution < -0.4 is 0 Å². The van der Waals surface area contributed by atoms with Crippen LogP contribution in [-0.4, -0.2) is 30.5 Å². The second-order valence-corrected chi connectivity index (χ2v) is 10.6. The Morgan fingerprint density at radius 3 is 2.50 bits per heavy atom. The molecule has 6 nitrogen and oxygen atoms in total. The lowest BCUT2D eigenvalue weighted by Crippen LogP contribution is -2.17. The first kappa shape index (κ1) is 23.9. The van der Waals surface area contributed by atoms with Crippen molar-refractivity contribution in [2.45, 2.75) is 30.6 Å². The van der Waals surface area contributed by atoms with Gasteiger partial charge in [0.15, 0.2) is 5.65 Å². The van der Waals surface area contributed by atoms with Gasteiger partial charge in [-0.3, -0.25) is 0 Å². The predicted molar refractivity (Wildman–Crippen MR) is 136 cm³/mol. The minimum atomic E-state index is -4.06. The largest absolute Gasteiger partial charge is 0.465 e. The van der Waals surface area contributed by atoms with Crippen molar-refractivity contribution in [3.05, 3.63) is 102 Å². The molecule has 0 unspecified atom stereocenters. The first-order valence-corrected chi connectivity index (χ1v) is 13.2. The number of rotatable bonds is 6. The summed E-state index contributed by atoms with van der Waals surface area (Å²) in [6, 6.07) is 17.5. The molecule has 2 aromatic heterocycles. The molecule has 0 spiro atoms. The van der Waals surface area contributed by atoms with Gasteiger partial charge in [-0.2, -0.15) is 0 Å². The number of fused-ring (bicyclic) bond motifs is 1. The van der Waals surface area contributed by atoms with E-state index >= 15 is 4.39 Å². The Labute approximate surface area is 209 Å². The van der Waals surface area contributed by atoms with Crippen LogP contribution in [-0.2, 0) is 14.8 Å². The Bertz CT molecular complexity index is 1570. The van der Waals surface area contributed by atoms with Crippen molar-refractivity contribution in [3.63, 3.8) is 0 Å². The van der Waals surface area contributed by atoms with Gasteiger partial charge >= 0.3 is 5.97 Å². The van der Waals surface area contributed by atoms with E-state index in [9.17, 15) is 13.2 Å². The van der Waals surface area contributed by atoms with Gasteiger partial charge in [0.25, 0.3) is 10.0 Å². The van der Waals surface area contributed by atoms with Gasteiger partial charge in [0.05, 0.1) is 23.3 Å². The maximum atomic E-state index is 15.5. The van der Waals surface area contributed by atoms with E-state index in [1.165, 1.54) is 41.5 Å². The van der Waals surface area contributed by atoms with E-state index in [0.29, 0.717) is 16.7 Å². The fraction of sp³-hybridized carbons (Fsp3) is 0.214. The summed E-state index contributed by atoms with van der Waals surface area (Å²) in [6.45, 7) is 0. The number of pyridine rings is 1. The van der Waals surface area contributed by atoms with Crippen molar-refractivity contribution >= 4 is 32.6 Å². The molecule has 2 heterocycles. The lowest BCUT2D eigenvalue weighted by molar-refractivity contribution is 0.0600. The first-order chi connectivity index (χ1) is 17.4. The summed E-state index contributed by atoms with van der Waals surface area (Å²) in [7, 11) is -2.83. The van der Waals surface area contributed by atoms with Gasteiger partial charge in [0, 0.05) is 22.7 Å². The average Bonchev–Trinajstić information content (AvgIpc) is 3.55. The number of esters is 1. The number of hydrogen-bond acceptors (Lipinski definition) is 5. The highest BCUT2D eigenvalue weighted by molar-refractivity contribution is 7.90. The quantitative estimate of drug-likeness (QED) is 0.309. The molecule has 4 aromatic rings. The second-order valence-electron chi connectivity index (χ2n) is 8.84. The Hall–Kier alpha value is -3.78. The van der Waals surface area contributed by atoms with Crippen LogP contribution in [0.5, 0.6) is 0 Å². The second kappa shape index (κ2) is 9.70. The smallest absolute Gasteiger partial charge is 0.337 e. The standard InChI is InChI=1S/C28H25FN2O4S/c1-35-28(32)21-13-14-23(25(29)17-21)24(16-19-8-5-6-9-19)26-18-20-10-7-15-30-27(20)31(26)36(33,34)22-11-3-2-4-12-22/h2-4,7,10-19H,5-6,8-9H2,1H3/b24-16+. The zero-order valence-electron chi connectivity index (χ0n) is 19.7. The number of methoxy groups -OCH3 is 1. The number of carbonyl (C=O) groups is 1. The van der Waals surface area contributed by atoms with E-state index in [0.717, 1.165) is 31.7 Å². The highest BCUT2D eigenvalue weighted by Crippen LogP contribution is 2.37. The fourth-order valence-corrected chi connectivity index (χ4v) is 6.29. The molecule has 5 rings (SSSR count). The number of carbonyl (C=O) groups excluding carboxylic acids is 1. The van der Waals surface area contributed by atoms with Crippen molar-refractivity contribution in [1.82, 2.24) is 8.96 Å². The van der Waals surface area contributed by atoms with E-state index in [2.05, 4.69) is 4.98 Å². The lowest BCUT2D eigenvalue weighted by atomic mass is 9.95. The van der Waals surface area contributed by atoms with Crippen LogP contribution in [0.15, 0.2) is 83.9 Å². The summed E-state index contributed by atoms with van der Waals surface area (Å²) in [4.78, 5) is 16.4. The summed E-state index contributed by atoms with van der Waals surface area (Å²) >= 11 is 0. The third-order valence-electron chi connectivity index (χ3n) is 6.56. The molecule has 0 radical (unpaired) electrons. The van der Waals surface area contributed by atoms with Crippen molar-refractivity contribution < 1.29 is 22.3 Å². The van der Waals surface area contributed by atoms with Gasteiger partial charge in [-0.25, -0.2) is 26.6 Å². The molecule has 184 valence electrons. The van der Waals surface area contributed by atoms with Crippen LogP contribution >= 0.6 is 0 Å². The summed E-state index contributed by atoms with van der Waals surface area (Å²) in [5.74, 6) is -1.10. The normalized spacial score (nSPS) is 14.9. The van der Waals surface area contributed by atoms with Crippen molar-refractivity contribution in [2.75, 3.05) is 7.11 Å². The molecule has 0 saturated heterocycles. The Balaban J connectivity index is 1.78. The Kier molecular flexibility index (Phi) is 6.45. The summed E-state index contributed by atoms with van der Waals surface area (Å²) in [6.07, 6.45) is 7.50. The van der Waals surface area contributed by atoms with Gasteiger partial charge in [-0.1, -0.05) is 43.2 Å². The van der Waals surface area contributed by atoms with E-state index in [-0.39, 0.29) is 27.6 Å². The Morgan fingerprint density at radius 2 is 1.81 bits per heavy atom. The molecule has 8 heteroatoms. The average molecular weight is 505 g/mol. The van der Waals surface area contributed by atoms with E-state index in [1.54, 1.807) is 36.4 Å². The third kappa shape index (κ3) is 4.33. The molecule has 2 aromatic carbocycles. The number of nitrogens with zero attached hydrogens (tertiary/aromatic N) is 2. The highest BCUT2D eigenvalue weighted by atomic mass is 32.2. The summed E-state index contributed by atoms with van der Waals surface area (Å²) < 4.78 is 49.3. The summed E-state index contributed by atoms with van der Waals surface area (Å²) in [5.41, 5.74) is 1.33. The maximum Gasteiger partial charge on any atom is 0.337 e. The van der Waals surface area contributed by atoms with Gasteiger partial charge in [-0.15, -0.1) is 0 Å². The summed E-state index contributed by atoms with van der Waals surface area (Å²) in [5, 5.41) is 0.621. The van der Waals surface area contributed by atoms with Gasteiger partial charge in [0.1, 0.15) is 5.82 Å². The molecule has 1 saturated carbocycles. The minimum absolute atomic E-state index is 0.0816. The molecule has 1 aliphatic rings. The number of aromatic nitrogens is 2. The SMILES string of the molecule is COC(=O)c1ccc(/C(=C\C2CCCC2)c2cc3cccnc3n2S(=O)(=O)c2ccccc2)c(F)c1. The minimum Gasteiger partial charge on any atom is -0.465 e. The molecule has 36 heavy (non-hydrogen) atoms. The van der Waals surface area contributed by atoms with Crippen LogP contribution in [0.25, 0.3) is 16.6 Å². The zero-order valence-corrected chi connectivity index (χ0v) is 20.5. The van der Waals surface area contributed by atoms with E-state index < -0.39 is 21.8 Å². The predicted octanol–water partition coefficient (Wildman–Crippen LogP) is 5.82. The van der Waals surface area contributed by atoms with Crippen LogP contribution in [0.1, 0.15) is 47.3 Å². The van der Waals surface area contributed by atoms with Crippen LogP contribution in [0.4, 0.5) is 4.39 Å². The molecular weight excluding hydrogens is 479 g/mol. The highest BCUT2D eigenvalue weighted by Gasteiger charge is 2.28. The van der Waals surface area contributed by atoms with E-state index in [4.69, 9.17) is 4.74 Å². The molecule has 0 bridgehead atoms. The van der Waals surface area contributed by atoms with Crippen molar-refractivity contribution in [2.24, 2.45) is 5.92 Å². The zero-order chi connectivity index (χ0) is 25.3. The first-order valence-electron chi connectivity index (χ1n) is 11.8. The third-order valence-corrected chi connectivity index (χ3v) is 8.28. The van der Waals surface area contributed by atoms with Crippen molar-refractivity contribution in [3.8, 4) is 0 Å². The van der Waals surface area contributed by atoms with Crippen LogP contribution in [0.2, 0.25) is 0 Å². The number of benzene rings is 2. The van der Waals surface area contributed by atoms with Gasteiger partial charge in [0.2, 0.25) is 0 Å². The van der Waals surface area contributed by atoms with E-state index in [1.807, 2.05) is 6.08 Å². The molecular formula is C28H25FN2O4S. The Morgan fingerprint density at radius 1 is 1.06 bits per heavy atom. The molecule has 1 aliphatic carbocycles. The van der Waals surface area contributed by atoms with Crippen molar-refractivity contribution in [1.29, 1.82) is 0 Å². The number of hydrogen-bond donors (Lipinski definition) is 0. The molecule has 0 amide bonds. The van der Waals surface area contributed by atoms with Gasteiger partial charge < -0.3 is 4.74 Å². The monoisotopic (exact) mass is 504 g/mol. The van der Waals surface area contributed by atoms with Crippen LogP contribution in [0.3, 0.4) is 0 Å². The number of halogens is 1. The molecule has 0 N–H and O–H groups in total.